The summed E-state index contributed by atoms with van der Waals surface area (Å²) >= 11 is 0. The molecule has 1 amide bonds. The average Bonchev–Trinajstić information content (AvgIpc) is 3.41. The van der Waals surface area contributed by atoms with Crippen LogP contribution < -0.4 is 5.43 Å². The van der Waals surface area contributed by atoms with Gasteiger partial charge in [-0.15, -0.1) is 0 Å². The van der Waals surface area contributed by atoms with Gasteiger partial charge in [-0.2, -0.15) is 0 Å². The maximum Gasteiger partial charge on any atom is 0.337 e. The zero-order valence-corrected chi connectivity index (χ0v) is 17.0. The van der Waals surface area contributed by atoms with Crippen molar-refractivity contribution in [2.45, 2.75) is 25.0 Å². The van der Waals surface area contributed by atoms with Crippen molar-refractivity contribution in [2.75, 3.05) is 20.3 Å². The van der Waals surface area contributed by atoms with E-state index in [0.29, 0.717) is 35.2 Å². The number of carbonyl (C=O) groups is 2. The predicted octanol–water partition coefficient (Wildman–Crippen LogP) is 3.30. The third kappa shape index (κ3) is 3.21. The number of amides is 1. The molecular weight excluding hydrogens is 398 g/mol. The summed E-state index contributed by atoms with van der Waals surface area (Å²) in [5.41, 5.74) is 1.61. The fraction of sp³-hybridized carbons (Fsp3) is 0.292. The lowest BCUT2D eigenvalue weighted by atomic mass is 9.97. The maximum absolute atomic E-state index is 13.4. The van der Waals surface area contributed by atoms with Gasteiger partial charge in [0.05, 0.1) is 35.8 Å². The molecule has 31 heavy (non-hydrogen) atoms. The molecule has 3 heterocycles. The number of nitrogens with zero attached hydrogens (tertiary/aromatic N) is 1. The molecule has 0 bridgehead atoms. The minimum absolute atomic E-state index is 0.0729. The van der Waals surface area contributed by atoms with Gasteiger partial charge in [0.25, 0.3) is 5.91 Å². The van der Waals surface area contributed by atoms with Gasteiger partial charge in [-0.05, 0) is 42.7 Å². The second-order valence-electron chi connectivity index (χ2n) is 7.78. The van der Waals surface area contributed by atoms with Crippen LogP contribution in [0.2, 0.25) is 0 Å². The van der Waals surface area contributed by atoms with E-state index >= 15 is 0 Å². The minimum atomic E-state index is -0.612. The summed E-state index contributed by atoms with van der Waals surface area (Å²) in [7, 11) is 1.32. The molecule has 0 unspecified atom stereocenters. The molecular formula is C24H21NO6. The molecule has 158 valence electrons. The van der Waals surface area contributed by atoms with Crippen LogP contribution in [0.1, 0.15) is 50.9 Å². The second-order valence-corrected chi connectivity index (χ2v) is 7.78. The molecule has 0 saturated carbocycles. The van der Waals surface area contributed by atoms with E-state index in [1.54, 1.807) is 53.4 Å². The second kappa shape index (κ2) is 7.67. The van der Waals surface area contributed by atoms with E-state index in [1.165, 1.54) is 7.11 Å². The predicted molar refractivity (Wildman–Crippen MR) is 112 cm³/mol. The number of esters is 1. The Labute approximate surface area is 178 Å². The van der Waals surface area contributed by atoms with Gasteiger partial charge >= 0.3 is 5.97 Å². The topological polar surface area (TPSA) is 86.0 Å². The van der Waals surface area contributed by atoms with E-state index in [9.17, 15) is 14.4 Å². The van der Waals surface area contributed by atoms with E-state index in [0.717, 1.165) is 18.4 Å². The van der Waals surface area contributed by atoms with Crippen molar-refractivity contribution in [1.82, 2.24) is 4.90 Å². The van der Waals surface area contributed by atoms with Gasteiger partial charge in [0, 0.05) is 13.2 Å². The van der Waals surface area contributed by atoms with Gasteiger partial charge in [-0.1, -0.05) is 24.3 Å². The van der Waals surface area contributed by atoms with Gasteiger partial charge in [-0.25, -0.2) is 4.79 Å². The third-order valence-electron chi connectivity index (χ3n) is 5.95. The summed E-state index contributed by atoms with van der Waals surface area (Å²) in [6.45, 7) is 1.03. The van der Waals surface area contributed by atoms with Crippen molar-refractivity contribution < 1.29 is 23.5 Å². The number of hydrogen-bond acceptors (Lipinski definition) is 6. The van der Waals surface area contributed by atoms with Crippen molar-refractivity contribution in [1.29, 1.82) is 0 Å². The van der Waals surface area contributed by atoms with Gasteiger partial charge in [-0.3, -0.25) is 9.59 Å². The van der Waals surface area contributed by atoms with Gasteiger partial charge in [0.2, 0.25) is 5.76 Å². The molecule has 0 N–H and O–H groups in total. The molecule has 7 heteroatoms. The smallest absolute Gasteiger partial charge is 0.337 e. The molecule has 1 aromatic heterocycles. The Morgan fingerprint density at radius 2 is 1.90 bits per heavy atom. The van der Waals surface area contributed by atoms with Crippen LogP contribution in [0.3, 0.4) is 0 Å². The van der Waals surface area contributed by atoms with Gasteiger partial charge in [0.15, 0.2) is 5.43 Å². The van der Waals surface area contributed by atoms with Crippen molar-refractivity contribution in [2.24, 2.45) is 0 Å². The highest BCUT2D eigenvalue weighted by atomic mass is 16.5. The molecule has 2 aliphatic heterocycles. The van der Waals surface area contributed by atoms with Crippen molar-refractivity contribution in [3.8, 4) is 0 Å². The first-order valence-corrected chi connectivity index (χ1v) is 10.2. The molecule has 2 aromatic carbocycles. The lowest BCUT2D eigenvalue weighted by Crippen LogP contribution is -2.36. The number of fused-ring (bicyclic) bond motifs is 2. The van der Waals surface area contributed by atoms with Crippen LogP contribution in [0.4, 0.5) is 0 Å². The maximum atomic E-state index is 13.4. The summed E-state index contributed by atoms with van der Waals surface area (Å²) in [4.78, 5) is 40.2. The molecule has 5 rings (SSSR count). The fourth-order valence-corrected chi connectivity index (χ4v) is 4.43. The Morgan fingerprint density at radius 1 is 1.13 bits per heavy atom. The Morgan fingerprint density at radius 3 is 2.61 bits per heavy atom. The number of ether oxygens (including phenoxy) is 2. The number of rotatable bonds is 4. The summed E-state index contributed by atoms with van der Waals surface area (Å²) in [5.74, 6) is -0.699. The third-order valence-corrected chi connectivity index (χ3v) is 5.95. The Hall–Kier alpha value is -3.45. The average molecular weight is 419 g/mol. The first-order chi connectivity index (χ1) is 15.1. The zero-order valence-electron chi connectivity index (χ0n) is 17.0. The van der Waals surface area contributed by atoms with E-state index in [4.69, 9.17) is 13.9 Å². The van der Waals surface area contributed by atoms with Crippen molar-refractivity contribution >= 4 is 22.8 Å². The number of benzene rings is 2. The quantitative estimate of drug-likeness (QED) is 0.603. The number of methoxy groups -OCH3 is 1. The monoisotopic (exact) mass is 419 g/mol. The van der Waals surface area contributed by atoms with Crippen LogP contribution in [0.5, 0.6) is 0 Å². The van der Waals surface area contributed by atoms with E-state index in [-0.39, 0.29) is 23.2 Å². The van der Waals surface area contributed by atoms with Crippen LogP contribution in [0.25, 0.3) is 11.0 Å². The highest BCUT2D eigenvalue weighted by molar-refractivity contribution is 5.99. The van der Waals surface area contributed by atoms with Crippen LogP contribution in [-0.2, 0) is 9.47 Å². The van der Waals surface area contributed by atoms with E-state index in [1.807, 2.05) is 0 Å². The molecule has 2 aliphatic rings. The molecule has 2 atom stereocenters. The summed E-state index contributed by atoms with van der Waals surface area (Å²) in [5, 5.41) is 0.434. The fourth-order valence-electron chi connectivity index (χ4n) is 4.43. The zero-order chi connectivity index (χ0) is 21.5. The first-order valence-electron chi connectivity index (χ1n) is 10.2. The Bertz CT molecular complexity index is 1220. The molecule has 0 radical (unpaired) electrons. The summed E-state index contributed by atoms with van der Waals surface area (Å²) in [6.07, 6.45) is 1.72. The van der Waals surface area contributed by atoms with Gasteiger partial charge in [0.1, 0.15) is 5.58 Å². The molecule has 3 aromatic rings. The molecule has 1 saturated heterocycles. The van der Waals surface area contributed by atoms with Crippen LogP contribution in [-0.4, -0.2) is 43.1 Å². The van der Waals surface area contributed by atoms with E-state index < -0.39 is 12.0 Å². The lowest BCUT2D eigenvalue weighted by Gasteiger charge is -2.27. The van der Waals surface area contributed by atoms with Crippen molar-refractivity contribution in [3.63, 3.8) is 0 Å². The number of hydrogen-bond donors (Lipinski definition) is 0. The molecule has 0 aliphatic carbocycles. The largest absolute Gasteiger partial charge is 0.465 e. The molecule has 0 spiro atoms. The highest BCUT2D eigenvalue weighted by Gasteiger charge is 2.43. The van der Waals surface area contributed by atoms with Crippen molar-refractivity contribution in [3.05, 3.63) is 81.2 Å². The standard InChI is InChI=1S/C24H21NO6/c1-29-24(28)15-10-8-14(9-11-15)20-19-21(26)17-6-2-3-7-18(17)31-22(19)23(27)25(20)13-16-5-4-12-30-16/h2-3,6-11,16,20H,4-5,12-13H2,1H3/t16-,20+/m1/s1. The Kier molecular flexibility index (Phi) is 4.82. The number of para-hydroxylation sites is 1. The minimum Gasteiger partial charge on any atom is -0.465 e. The van der Waals surface area contributed by atoms with Gasteiger partial charge < -0.3 is 18.8 Å². The summed E-state index contributed by atoms with van der Waals surface area (Å²) in [6, 6.07) is 13.1. The Balaban J connectivity index is 1.65. The molecule has 7 nitrogen and oxygen atoms in total. The normalized spacial score (nSPS) is 20.3. The van der Waals surface area contributed by atoms with Crippen LogP contribution in [0.15, 0.2) is 57.7 Å². The van der Waals surface area contributed by atoms with E-state index in [2.05, 4.69) is 0 Å². The van der Waals surface area contributed by atoms with Crippen LogP contribution in [0, 0.1) is 0 Å². The number of carbonyl (C=O) groups excluding carboxylic acids is 2. The highest BCUT2D eigenvalue weighted by Crippen LogP contribution is 2.39. The first kappa shape index (κ1) is 19.5. The lowest BCUT2D eigenvalue weighted by molar-refractivity contribution is 0.0486. The van der Waals surface area contributed by atoms with Crippen LogP contribution >= 0.6 is 0 Å². The SMILES string of the molecule is COC(=O)c1ccc([C@H]2c3c(oc4ccccc4c3=O)C(=O)N2C[C@H]2CCCO2)cc1. The molecule has 1 fully saturated rings. The summed E-state index contributed by atoms with van der Waals surface area (Å²) < 4.78 is 16.4.